The predicted molar refractivity (Wildman–Crippen MR) is 70.9 cm³/mol. The van der Waals surface area contributed by atoms with Gasteiger partial charge in [-0.15, -0.1) is 4.37 Å². The molecule has 0 saturated heterocycles. The third kappa shape index (κ3) is 4.88. The number of rotatable bonds is 7. The minimum atomic E-state index is -0.490. The Hall–Kier alpha value is -0.720. The lowest BCUT2D eigenvalue weighted by Gasteiger charge is -2.22. The molecule has 2 N–H and O–H groups in total. The number of aliphatic hydroxyl groups is 1. The monoisotopic (exact) mass is 271 g/mol. The summed E-state index contributed by atoms with van der Waals surface area (Å²) in [6.07, 6.45) is 7.81. The van der Waals surface area contributed by atoms with Crippen molar-refractivity contribution in [2.24, 2.45) is 5.92 Å². The quantitative estimate of drug-likeness (QED) is 0.785. The molecule has 1 aliphatic rings. The van der Waals surface area contributed by atoms with Crippen molar-refractivity contribution in [2.45, 2.75) is 38.2 Å². The number of hydrogen-bond acceptors (Lipinski definition) is 6. The number of ether oxygens (including phenoxy) is 1. The zero-order valence-electron chi connectivity index (χ0n) is 10.5. The first kappa shape index (κ1) is 13.7. The minimum absolute atomic E-state index is 0.267. The van der Waals surface area contributed by atoms with E-state index in [4.69, 9.17) is 4.74 Å². The number of aromatic nitrogens is 2. The van der Waals surface area contributed by atoms with Gasteiger partial charge in [-0.25, -0.2) is 0 Å². The molecule has 5 nitrogen and oxygen atoms in total. The number of hydrogen-bond donors (Lipinski definition) is 2. The van der Waals surface area contributed by atoms with E-state index in [1.807, 2.05) is 0 Å². The van der Waals surface area contributed by atoms with Gasteiger partial charge in [0, 0.05) is 6.54 Å². The van der Waals surface area contributed by atoms with Crippen LogP contribution in [0.3, 0.4) is 0 Å². The lowest BCUT2D eigenvalue weighted by molar-refractivity contribution is 0.103. The second kappa shape index (κ2) is 7.66. The average molecular weight is 271 g/mol. The molecule has 18 heavy (non-hydrogen) atoms. The first-order valence-corrected chi connectivity index (χ1v) is 7.37. The van der Waals surface area contributed by atoms with Crippen LogP contribution in [0.15, 0.2) is 6.20 Å². The molecule has 1 aromatic heterocycles. The van der Waals surface area contributed by atoms with Gasteiger partial charge in [0.25, 0.3) is 0 Å². The highest BCUT2D eigenvalue weighted by Crippen LogP contribution is 2.22. The summed E-state index contributed by atoms with van der Waals surface area (Å²) in [5, 5.41) is 13.1. The molecule has 0 radical (unpaired) electrons. The number of nitrogens with one attached hydrogen (secondary N) is 1. The van der Waals surface area contributed by atoms with Crippen molar-refractivity contribution in [1.82, 2.24) is 14.1 Å². The molecule has 1 heterocycles. The van der Waals surface area contributed by atoms with Gasteiger partial charge in [-0.3, -0.25) is 0 Å². The highest BCUT2D eigenvalue weighted by atomic mass is 32.1. The molecule has 1 fully saturated rings. The minimum Gasteiger partial charge on any atom is -0.473 e. The zero-order valence-corrected chi connectivity index (χ0v) is 11.4. The maximum atomic E-state index is 9.75. The molecule has 1 aromatic rings. The van der Waals surface area contributed by atoms with Crippen LogP contribution in [0.5, 0.6) is 5.88 Å². The van der Waals surface area contributed by atoms with Gasteiger partial charge in [-0.05, 0) is 25.3 Å². The van der Waals surface area contributed by atoms with Gasteiger partial charge in [-0.2, -0.15) is 4.37 Å². The highest BCUT2D eigenvalue weighted by Gasteiger charge is 2.13. The molecule has 0 amide bonds. The maximum absolute atomic E-state index is 9.75. The molecule has 0 aliphatic heterocycles. The van der Waals surface area contributed by atoms with Crippen molar-refractivity contribution in [3.05, 3.63) is 6.20 Å². The Labute approximate surface area is 112 Å². The Kier molecular flexibility index (Phi) is 5.83. The van der Waals surface area contributed by atoms with E-state index in [-0.39, 0.29) is 6.61 Å². The van der Waals surface area contributed by atoms with Crippen molar-refractivity contribution in [3.63, 3.8) is 0 Å². The van der Waals surface area contributed by atoms with Gasteiger partial charge in [-0.1, -0.05) is 19.3 Å². The molecule has 1 aliphatic carbocycles. The van der Waals surface area contributed by atoms with Crippen LogP contribution in [0, 0.1) is 5.92 Å². The number of aliphatic hydroxyl groups excluding tert-OH is 1. The largest absolute Gasteiger partial charge is 0.473 e. The molecule has 0 bridgehead atoms. The van der Waals surface area contributed by atoms with Crippen molar-refractivity contribution in [1.29, 1.82) is 0 Å². The molecular formula is C12H21N3O2S. The smallest absolute Gasteiger partial charge is 0.245 e. The zero-order chi connectivity index (χ0) is 12.6. The van der Waals surface area contributed by atoms with Crippen LogP contribution in [-0.2, 0) is 0 Å². The van der Waals surface area contributed by atoms with Gasteiger partial charge >= 0.3 is 0 Å². The second-order valence-electron chi connectivity index (χ2n) is 4.87. The standard InChI is InChI=1S/C12H21N3O2S/c16-11(9-17-12-8-14-18-15-12)7-13-6-10-4-2-1-3-5-10/h8,10-11,13,16H,1-7,9H2. The molecule has 1 atom stereocenters. The highest BCUT2D eigenvalue weighted by molar-refractivity contribution is 6.99. The van der Waals surface area contributed by atoms with Crippen LogP contribution >= 0.6 is 11.7 Å². The summed E-state index contributed by atoms with van der Waals surface area (Å²) >= 11 is 1.11. The second-order valence-corrected chi connectivity index (χ2v) is 5.43. The molecule has 6 heteroatoms. The van der Waals surface area contributed by atoms with Gasteiger partial charge in [0.05, 0.1) is 11.7 Å². The third-order valence-corrected chi connectivity index (χ3v) is 3.76. The van der Waals surface area contributed by atoms with Crippen LogP contribution < -0.4 is 10.1 Å². The molecular weight excluding hydrogens is 250 g/mol. The molecule has 0 spiro atoms. The molecule has 2 rings (SSSR count). The van der Waals surface area contributed by atoms with E-state index in [0.29, 0.717) is 12.4 Å². The first-order valence-electron chi connectivity index (χ1n) is 6.63. The lowest BCUT2D eigenvalue weighted by atomic mass is 9.89. The van der Waals surface area contributed by atoms with E-state index in [0.717, 1.165) is 24.2 Å². The fourth-order valence-electron chi connectivity index (χ4n) is 2.31. The van der Waals surface area contributed by atoms with Crippen LogP contribution in [0.2, 0.25) is 0 Å². The Bertz CT molecular complexity index is 315. The summed E-state index contributed by atoms with van der Waals surface area (Å²) in [7, 11) is 0. The van der Waals surface area contributed by atoms with E-state index in [1.54, 1.807) is 6.20 Å². The Morgan fingerprint density at radius 3 is 3.00 bits per heavy atom. The summed E-state index contributed by atoms with van der Waals surface area (Å²) in [6, 6.07) is 0. The Morgan fingerprint density at radius 1 is 1.44 bits per heavy atom. The maximum Gasteiger partial charge on any atom is 0.245 e. The van der Waals surface area contributed by atoms with Crippen molar-refractivity contribution in [3.8, 4) is 5.88 Å². The summed E-state index contributed by atoms with van der Waals surface area (Å²) in [6.45, 7) is 1.85. The molecule has 1 saturated carbocycles. The predicted octanol–water partition coefficient (Wildman–Crippen LogP) is 1.45. The summed E-state index contributed by atoms with van der Waals surface area (Å²) in [5.41, 5.74) is 0. The fourth-order valence-corrected chi connectivity index (χ4v) is 2.67. The average Bonchev–Trinajstić information content (AvgIpc) is 2.91. The van der Waals surface area contributed by atoms with E-state index in [1.165, 1.54) is 32.1 Å². The van der Waals surface area contributed by atoms with Gasteiger partial charge in [0.1, 0.15) is 18.9 Å². The summed E-state index contributed by atoms with van der Waals surface area (Å²) < 4.78 is 13.0. The van der Waals surface area contributed by atoms with E-state index in [9.17, 15) is 5.11 Å². The van der Waals surface area contributed by atoms with Gasteiger partial charge in [0.2, 0.25) is 5.88 Å². The van der Waals surface area contributed by atoms with Crippen LogP contribution in [0.4, 0.5) is 0 Å². The normalized spacial score (nSPS) is 18.7. The van der Waals surface area contributed by atoms with E-state index < -0.39 is 6.10 Å². The van der Waals surface area contributed by atoms with Gasteiger partial charge in [0.15, 0.2) is 0 Å². The van der Waals surface area contributed by atoms with E-state index >= 15 is 0 Å². The van der Waals surface area contributed by atoms with Gasteiger partial charge < -0.3 is 15.2 Å². The third-order valence-electron chi connectivity index (χ3n) is 3.30. The van der Waals surface area contributed by atoms with Crippen molar-refractivity contribution in [2.75, 3.05) is 19.7 Å². The molecule has 102 valence electrons. The summed E-state index contributed by atoms with van der Waals surface area (Å²) in [5.74, 6) is 1.28. The Balaban J connectivity index is 1.52. The Morgan fingerprint density at radius 2 is 2.28 bits per heavy atom. The van der Waals surface area contributed by atoms with Crippen LogP contribution in [-0.4, -0.2) is 39.7 Å². The summed E-state index contributed by atoms with van der Waals surface area (Å²) in [4.78, 5) is 0. The van der Waals surface area contributed by atoms with Crippen LogP contribution in [0.25, 0.3) is 0 Å². The number of nitrogens with zero attached hydrogens (tertiary/aromatic N) is 2. The van der Waals surface area contributed by atoms with Crippen molar-refractivity contribution < 1.29 is 9.84 Å². The molecule has 1 unspecified atom stereocenters. The topological polar surface area (TPSA) is 67.3 Å². The van der Waals surface area contributed by atoms with Crippen LogP contribution in [0.1, 0.15) is 32.1 Å². The molecule has 0 aromatic carbocycles. The van der Waals surface area contributed by atoms with Crippen molar-refractivity contribution >= 4 is 11.7 Å². The lowest BCUT2D eigenvalue weighted by Crippen LogP contribution is -2.34. The fraction of sp³-hybridized carbons (Fsp3) is 0.833. The first-order chi connectivity index (χ1) is 8.84. The SMILES string of the molecule is OC(CNCC1CCCCC1)COc1cnsn1. The van der Waals surface area contributed by atoms with E-state index in [2.05, 4.69) is 14.1 Å².